The number of sulfonamides is 1. The summed E-state index contributed by atoms with van der Waals surface area (Å²) in [5.74, 6) is -0.609. The average molecular weight is 445 g/mol. The first-order chi connectivity index (χ1) is 14.8. The SMILES string of the molecule is Cc1cc(N2CCCC2)nc(Nc2ccc(NS(=O)(=O)c3cc(F)cc(F)c3)cc2)n1. The van der Waals surface area contributed by atoms with Crippen LogP contribution in [-0.4, -0.2) is 31.5 Å². The number of halogens is 2. The molecule has 0 saturated carbocycles. The van der Waals surface area contributed by atoms with Crippen LogP contribution in [-0.2, 0) is 10.0 Å². The van der Waals surface area contributed by atoms with E-state index in [1.807, 2.05) is 13.0 Å². The smallest absolute Gasteiger partial charge is 0.262 e. The van der Waals surface area contributed by atoms with E-state index in [0.717, 1.165) is 49.6 Å². The first kappa shape index (κ1) is 21.0. The highest BCUT2D eigenvalue weighted by atomic mass is 32.2. The zero-order valence-corrected chi connectivity index (χ0v) is 17.6. The van der Waals surface area contributed by atoms with Crippen LogP contribution < -0.4 is 14.9 Å². The lowest BCUT2D eigenvalue weighted by atomic mass is 10.3. The van der Waals surface area contributed by atoms with Crippen molar-refractivity contribution in [3.05, 3.63) is 65.9 Å². The zero-order valence-electron chi connectivity index (χ0n) is 16.8. The number of rotatable bonds is 6. The van der Waals surface area contributed by atoms with Crippen LogP contribution in [0.2, 0.25) is 0 Å². The molecule has 0 aliphatic carbocycles. The molecule has 2 heterocycles. The number of aryl methyl sites for hydroxylation is 1. The molecule has 1 fully saturated rings. The van der Waals surface area contributed by atoms with Crippen molar-refractivity contribution in [1.82, 2.24) is 9.97 Å². The second-order valence-electron chi connectivity index (χ2n) is 7.30. The lowest BCUT2D eigenvalue weighted by Gasteiger charge is -2.17. The normalized spacial score (nSPS) is 14.0. The number of hydrogen-bond acceptors (Lipinski definition) is 6. The molecule has 0 bridgehead atoms. The molecule has 1 aromatic heterocycles. The summed E-state index contributed by atoms with van der Waals surface area (Å²) in [6.45, 7) is 3.85. The molecule has 4 rings (SSSR count). The minimum absolute atomic E-state index is 0.248. The van der Waals surface area contributed by atoms with Gasteiger partial charge in [0.15, 0.2) is 0 Å². The number of aromatic nitrogens is 2. The summed E-state index contributed by atoms with van der Waals surface area (Å²) in [5, 5.41) is 3.12. The molecule has 2 aromatic carbocycles. The zero-order chi connectivity index (χ0) is 22.0. The minimum Gasteiger partial charge on any atom is -0.356 e. The molecular formula is C21H21F2N5O2S. The van der Waals surface area contributed by atoms with Gasteiger partial charge in [-0.1, -0.05) is 0 Å². The maximum absolute atomic E-state index is 13.4. The predicted octanol–water partition coefficient (Wildman–Crippen LogP) is 4.21. The lowest BCUT2D eigenvalue weighted by Crippen LogP contribution is -2.19. The van der Waals surface area contributed by atoms with Gasteiger partial charge in [-0.3, -0.25) is 4.72 Å². The van der Waals surface area contributed by atoms with Crippen molar-refractivity contribution in [1.29, 1.82) is 0 Å². The first-order valence-electron chi connectivity index (χ1n) is 9.75. The van der Waals surface area contributed by atoms with Crippen LogP contribution in [0.4, 0.5) is 31.9 Å². The third kappa shape index (κ3) is 5.08. The van der Waals surface area contributed by atoms with Crippen molar-refractivity contribution in [2.75, 3.05) is 28.0 Å². The second kappa shape index (κ2) is 8.46. The molecule has 0 spiro atoms. The van der Waals surface area contributed by atoms with Gasteiger partial charge in [0.2, 0.25) is 5.95 Å². The Labute approximate surface area is 179 Å². The molecule has 10 heteroatoms. The fourth-order valence-corrected chi connectivity index (χ4v) is 4.46. The van der Waals surface area contributed by atoms with Crippen LogP contribution >= 0.6 is 0 Å². The molecule has 1 aliphatic heterocycles. The van der Waals surface area contributed by atoms with Gasteiger partial charge in [-0.25, -0.2) is 22.2 Å². The summed E-state index contributed by atoms with van der Waals surface area (Å²) in [6.07, 6.45) is 2.29. The van der Waals surface area contributed by atoms with E-state index in [9.17, 15) is 17.2 Å². The third-order valence-electron chi connectivity index (χ3n) is 4.81. The van der Waals surface area contributed by atoms with Gasteiger partial charge in [0.25, 0.3) is 10.0 Å². The Hall–Kier alpha value is -3.27. The van der Waals surface area contributed by atoms with Gasteiger partial charge in [-0.15, -0.1) is 0 Å². The van der Waals surface area contributed by atoms with Crippen molar-refractivity contribution < 1.29 is 17.2 Å². The summed E-state index contributed by atoms with van der Waals surface area (Å²) in [7, 11) is -4.13. The van der Waals surface area contributed by atoms with E-state index in [2.05, 4.69) is 24.9 Å². The van der Waals surface area contributed by atoms with E-state index < -0.39 is 26.6 Å². The van der Waals surface area contributed by atoms with E-state index in [0.29, 0.717) is 17.7 Å². The molecule has 0 amide bonds. The average Bonchev–Trinajstić information content (AvgIpc) is 3.23. The van der Waals surface area contributed by atoms with Crippen molar-refractivity contribution in [3.8, 4) is 0 Å². The Kier molecular flexibility index (Phi) is 5.73. The summed E-state index contributed by atoms with van der Waals surface area (Å²) >= 11 is 0. The van der Waals surface area contributed by atoms with Crippen molar-refractivity contribution in [2.45, 2.75) is 24.7 Å². The van der Waals surface area contributed by atoms with E-state index in [-0.39, 0.29) is 5.69 Å². The molecule has 1 aliphatic rings. The van der Waals surface area contributed by atoms with Gasteiger partial charge < -0.3 is 10.2 Å². The number of hydrogen-bond donors (Lipinski definition) is 2. The van der Waals surface area contributed by atoms with E-state index in [1.165, 1.54) is 12.1 Å². The fraction of sp³-hybridized carbons (Fsp3) is 0.238. The number of nitrogens with zero attached hydrogens (tertiary/aromatic N) is 3. The molecular weight excluding hydrogens is 424 g/mol. The van der Waals surface area contributed by atoms with Gasteiger partial charge in [-0.05, 0) is 56.2 Å². The van der Waals surface area contributed by atoms with Crippen LogP contribution in [0, 0.1) is 18.6 Å². The third-order valence-corrected chi connectivity index (χ3v) is 6.17. The van der Waals surface area contributed by atoms with Gasteiger partial charge >= 0.3 is 0 Å². The van der Waals surface area contributed by atoms with Gasteiger partial charge in [0, 0.05) is 42.3 Å². The molecule has 0 radical (unpaired) electrons. The van der Waals surface area contributed by atoms with Crippen molar-refractivity contribution >= 4 is 33.2 Å². The van der Waals surface area contributed by atoms with Crippen molar-refractivity contribution in [3.63, 3.8) is 0 Å². The largest absolute Gasteiger partial charge is 0.356 e. The van der Waals surface area contributed by atoms with Crippen LogP contribution in [0.25, 0.3) is 0 Å². The second-order valence-corrected chi connectivity index (χ2v) is 8.98. The molecule has 3 aromatic rings. The Morgan fingerprint density at radius 3 is 2.16 bits per heavy atom. The highest BCUT2D eigenvalue weighted by molar-refractivity contribution is 7.92. The van der Waals surface area contributed by atoms with Crippen molar-refractivity contribution in [2.24, 2.45) is 0 Å². The number of nitrogens with one attached hydrogen (secondary N) is 2. The predicted molar refractivity (Wildman–Crippen MR) is 115 cm³/mol. The molecule has 7 nitrogen and oxygen atoms in total. The molecule has 0 unspecified atom stereocenters. The Balaban J connectivity index is 1.48. The van der Waals surface area contributed by atoms with E-state index in [4.69, 9.17) is 0 Å². The fourth-order valence-electron chi connectivity index (χ4n) is 3.36. The minimum atomic E-state index is -4.13. The summed E-state index contributed by atoms with van der Waals surface area (Å²) in [5.41, 5.74) is 1.75. The highest BCUT2D eigenvalue weighted by Crippen LogP contribution is 2.24. The van der Waals surface area contributed by atoms with Gasteiger partial charge in [0.05, 0.1) is 4.90 Å². The molecule has 31 heavy (non-hydrogen) atoms. The monoisotopic (exact) mass is 445 g/mol. The van der Waals surface area contributed by atoms with Crippen LogP contribution in [0.5, 0.6) is 0 Å². The Bertz CT molecular complexity index is 1180. The Morgan fingerprint density at radius 2 is 1.52 bits per heavy atom. The molecule has 1 saturated heterocycles. The van der Waals surface area contributed by atoms with Crippen LogP contribution in [0.3, 0.4) is 0 Å². The number of benzene rings is 2. The summed E-state index contributed by atoms with van der Waals surface area (Å²) in [4.78, 5) is 10.7. The quantitative estimate of drug-likeness (QED) is 0.591. The maximum atomic E-state index is 13.4. The van der Waals surface area contributed by atoms with Crippen LogP contribution in [0.15, 0.2) is 53.4 Å². The lowest BCUT2D eigenvalue weighted by molar-refractivity contribution is 0.568. The summed E-state index contributed by atoms with van der Waals surface area (Å²) < 4.78 is 53.8. The van der Waals surface area contributed by atoms with E-state index in [1.54, 1.807) is 12.1 Å². The number of anilines is 4. The molecule has 2 N–H and O–H groups in total. The summed E-state index contributed by atoms with van der Waals surface area (Å²) in [6, 6.07) is 10.5. The van der Waals surface area contributed by atoms with Gasteiger partial charge in [-0.2, -0.15) is 4.98 Å². The Morgan fingerprint density at radius 1 is 0.903 bits per heavy atom. The highest BCUT2D eigenvalue weighted by Gasteiger charge is 2.17. The topological polar surface area (TPSA) is 87.2 Å². The van der Waals surface area contributed by atoms with E-state index >= 15 is 0 Å². The van der Waals surface area contributed by atoms with Gasteiger partial charge in [0.1, 0.15) is 17.5 Å². The molecule has 162 valence electrons. The molecule has 0 atom stereocenters. The van der Waals surface area contributed by atoms with Crippen LogP contribution in [0.1, 0.15) is 18.5 Å². The maximum Gasteiger partial charge on any atom is 0.262 e. The standard InChI is InChI=1S/C21H21F2N5O2S/c1-14-10-20(28-8-2-3-9-28)26-21(24-14)25-17-4-6-18(7-5-17)27-31(29,30)19-12-15(22)11-16(23)13-19/h4-7,10-13,27H,2-3,8-9H2,1H3,(H,24,25,26). The first-order valence-corrected chi connectivity index (χ1v) is 11.2.